The molecule has 0 atom stereocenters. The van der Waals surface area contributed by atoms with Crippen LogP contribution in [-0.2, 0) is 0 Å². The number of nitrogens with zero attached hydrogens (tertiary/aromatic N) is 2. The van der Waals surface area contributed by atoms with Crippen molar-refractivity contribution in [1.29, 1.82) is 0 Å². The second-order valence-corrected chi connectivity index (χ2v) is 6.89. The maximum absolute atomic E-state index is 5.74. The summed E-state index contributed by atoms with van der Waals surface area (Å²) < 4.78 is 22.0. The van der Waals surface area contributed by atoms with Gasteiger partial charge in [0.25, 0.3) is 5.22 Å². The van der Waals surface area contributed by atoms with Crippen LogP contribution < -0.4 is 14.2 Å². The minimum Gasteiger partial charge on any atom is -0.497 e. The predicted molar refractivity (Wildman–Crippen MR) is 105 cm³/mol. The monoisotopic (exact) mass is 386 g/mol. The molecule has 0 N–H and O–H groups in total. The number of ether oxygens (including phenoxy) is 3. The highest BCUT2D eigenvalue weighted by Gasteiger charge is 2.12. The lowest BCUT2D eigenvalue weighted by molar-refractivity contribution is 0.318. The fraction of sp³-hybridized carbons (Fsp3) is 0.300. The first-order valence-corrected chi connectivity index (χ1v) is 9.55. The van der Waals surface area contributed by atoms with Gasteiger partial charge in [-0.25, -0.2) is 0 Å². The largest absolute Gasteiger partial charge is 0.497 e. The fourth-order valence-electron chi connectivity index (χ4n) is 2.43. The number of hydrogen-bond acceptors (Lipinski definition) is 7. The van der Waals surface area contributed by atoms with E-state index in [4.69, 9.17) is 18.6 Å². The molecule has 0 saturated carbocycles. The summed E-state index contributed by atoms with van der Waals surface area (Å²) in [6.07, 6.45) is 0.878. The van der Waals surface area contributed by atoms with Gasteiger partial charge in [-0.2, -0.15) is 0 Å². The molecule has 7 heteroatoms. The zero-order valence-electron chi connectivity index (χ0n) is 15.6. The van der Waals surface area contributed by atoms with Crippen LogP contribution in [0.15, 0.2) is 52.1 Å². The van der Waals surface area contributed by atoms with Crippen LogP contribution in [0.4, 0.5) is 0 Å². The lowest BCUT2D eigenvalue weighted by Crippen LogP contribution is -1.98. The molecule has 0 bridgehead atoms. The molecular weight excluding hydrogens is 364 g/mol. The van der Waals surface area contributed by atoms with E-state index in [0.29, 0.717) is 29.2 Å². The Labute approximate surface area is 162 Å². The molecule has 1 heterocycles. The number of methoxy groups -OCH3 is 2. The van der Waals surface area contributed by atoms with Crippen LogP contribution in [0.2, 0.25) is 0 Å². The number of thioether (sulfide) groups is 1. The maximum atomic E-state index is 5.74. The summed E-state index contributed by atoms with van der Waals surface area (Å²) >= 11 is 1.51. The van der Waals surface area contributed by atoms with Gasteiger partial charge in [0.1, 0.15) is 17.2 Å². The molecule has 0 saturated heterocycles. The van der Waals surface area contributed by atoms with Crippen molar-refractivity contribution in [3.05, 3.63) is 48.0 Å². The van der Waals surface area contributed by atoms with E-state index in [1.165, 1.54) is 17.3 Å². The molecule has 0 amide bonds. The van der Waals surface area contributed by atoms with Crippen LogP contribution in [0, 0.1) is 6.92 Å². The van der Waals surface area contributed by atoms with Crippen molar-refractivity contribution >= 4 is 11.8 Å². The van der Waals surface area contributed by atoms with Crippen LogP contribution in [0.1, 0.15) is 12.0 Å². The number of aromatic nitrogens is 2. The number of rotatable bonds is 9. The van der Waals surface area contributed by atoms with Crippen LogP contribution >= 0.6 is 11.8 Å². The van der Waals surface area contributed by atoms with Gasteiger partial charge in [0, 0.05) is 17.4 Å². The first-order valence-electron chi connectivity index (χ1n) is 8.57. The number of aryl methyl sites for hydroxylation is 1. The second kappa shape index (κ2) is 9.32. The maximum Gasteiger partial charge on any atom is 0.276 e. The molecule has 142 valence electrons. The summed E-state index contributed by atoms with van der Waals surface area (Å²) in [4.78, 5) is 0. The Morgan fingerprint density at radius 3 is 2.44 bits per heavy atom. The van der Waals surface area contributed by atoms with Crippen molar-refractivity contribution in [3.8, 4) is 28.7 Å². The molecule has 3 aromatic rings. The molecule has 0 unspecified atom stereocenters. The quantitative estimate of drug-likeness (QED) is 0.392. The molecule has 0 aliphatic heterocycles. The summed E-state index contributed by atoms with van der Waals surface area (Å²) in [7, 11) is 3.21. The average molecular weight is 386 g/mol. The highest BCUT2D eigenvalue weighted by atomic mass is 32.2. The Bertz CT molecular complexity index is 860. The van der Waals surface area contributed by atoms with Crippen LogP contribution in [0.5, 0.6) is 17.2 Å². The molecule has 1 aromatic heterocycles. The highest BCUT2D eigenvalue weighted by Crippen LogP contribution is 2.30. The van der Waals surface area contributed by atoms with E-state index < -0.39 is 0 Å². The number of benzene rings is 2. The van der Waals surface area contributed by atoms with Crippen molar-refractivity contribution in [2.75, 3.05) is 26.6 Å². The minimum absolute atomic E-state index is 0.436. The van der Waals surface area contributed by atoms with Gasteiger partial charge in [-0.05, 0) is 43.2 Å². The van der Waals surface area contributed by atoms with E-state index in [2.05, 4.69) is 10.2 Å². The molecule has 3 rings (SSSR count). The second-order valence-electron chi connectivity index (χ2n) is 5.84. The lowest BCUT2D eigenvalue weighted by atomic mass is 10.2. The topological polar surface area (TPSA) is 66.6 Å². The third-order valence-electron chi connectivity index (χ3n) is 3.78. The Kier molecular flexibility index (Phi) is 6.59. The molecule has 0 spiro atoms. The molecule has 6 nitrogen and oxygen atoms in total. The normalized spacial score (nSPS) is 10.6. The van der Waals surface area contributed by atoms with Gasteiger partial charge in [0.2, 0.25) is 5.89 Å². The molecule has 27 heavy (non-hydrogen) atoms. The van der Waals surface area contributed by atoms with E-state index >= 15 is 0 Å². The van der Waals surface area contributed by atoms with E-state index in [9.17, 15) is 0 Å². The molecular formula is C20H22N2O4S. The van der Waals surface area contributed by atoms with Gasteiger partial charge in [-0.1, -0.05) is 23.9 Å². The minimum atomic E-state index is 0.436. The third kappa shape index (κ3) is 5.40. The molecule has 0 radical (unpaired) electrons. The van der Waals surface area contributed by atoms with Crippen molar-refractivity contribution in [2.24, 2.45) is 0 Å². The SMILES string of the molecule is COc1cc(OC)cc(-c2nnc(SCCCOc3cccc(C)c3)o2)c1. The highest BCUT2D eigenvalue weighted by molar-refractivity contribution is 7.99. The van der Waals surface area contributed by atoms with Gasteiger partial charge in [0.05, 0.1) is 20.8 Å². The Morgan fingerprint density at radius 1 is 0.963 bits per heavy atom. The van der Waals surface area contributed by atoms with Crippen molar-refractivity contribution in [3.63, 3.8) is 0 Å². The Hall–Kier alpha value is -2.67. The Morgan fingerprint density at radius 2 is 1.74 bits per heavy atom. The lowest BCUT2D eigenvalue weighted by Gasteiger charge is -2.06. The summed E-state index contributed by atoms with van der Waals surface area (Å²) in [6.45, 7) is 2.69. The van der Waals surface area contributed by atoms with Gasteiger partial charge >= 0.3 is 0 Å². The standard InChI is InChI=1S/C20H22N2O4S/c1-14-6-4-7-16(10-14)25-8-5-9-27-20-22-21-19(26-20)15-11-17(23-2)13-18(12-15)24-3/h4,6-7,10-13H,5,8-9H2,1-3H3. The van der Waals surface area contributed by atoms with Crippen molar-refractivity contribution < 1.29 is 18.6 Å². The molecule has 0 aliphatic rings. The summed E-state index contributed by atoms with van der Waals surface area (Å²) in [5.74, 6) is 3.50. The number of hydrogen-bond donors (Lipinski definition) is 0. The van der Waals surface area contributed by atoms with Gasteiger partial charge < -0.3 is 18.6 Å². The summed E-state index contributed by atoms with van der Waals surface area (Å²) in [5.41, 5.74) is 1.95. The third-order valence-corrected chi connectivity index (χ3v) is 4.68. The molecule has 2 aromatic carbocycles. The van der Waals surface area contributed by atoms with Gasteiger partial charge in [-0.3, -0.25) is 0 Å². The zero-order chi connectivity index (χ0) is 19.1. The summed E-state index contributed by atoms with van der Waals surface area (Å²) in [6, 6.07) is 13.5. The van der Waals surface area contributed by atoms with Crippen molar-refractivity contribution in [2.45, 2.75) is 18.6 Å². The van der Waals surface area contributed by atoms with Crippen molar-refractivity contribution in [1.82, 2.24) is 10.2 Å². The fourth-order valence-corrected chi connectivity index (χ4v) is 3.10. The summed E-state index contributed by atoms with van der Waals surface area (Å²) in [5, 5.41) is 8.74. The first kappa shape index (κ1) is 19.1. The first-order chi connectivity index (χ1) is 13.2. The Balaban J connectivity index is 1.51. The average Bonchev–Trinajstić information content (AvgIpc) is 3.16. The van der Waals surface area contributed by atoms with Gasteiger partial charge in [-0.15, -0.1) is 10.2 Å². The van der Waals surface area contributed by atoms with E-state index in [0.717, 1.165) is 23.5 Å². The van der Waals surface area contributed by atoms with E-state index in [1.54, 1.807) is 20.3 Å². The predicted octanol–water partition coefficient (Wildman–Crippen LogP) is 4.62. The van der Waals surface area contributed by atoms with Crippen LogP contribution in [0.3, 0.4) is 0 Å². The van der Waals surface area contributed by atoms with E-state index in [1.807, 2.05) is 43.3 Å². The van der Waals surface area contributed by atoms with Crippen LogP contribution in [0.25, 0.3) is 11.5 Å². The molecule has 0 fully saturated rings. The zero-order valence-corrected chi connectivity index (χ0v) is 16.4. The van der Waals surface area contributed by atoms with Gasteiger partial charge in [0.15, 0.2) is 0 Å². The van der Waals surface area contributed by atoms with E-state index in [-0.39, 0.29) is 0 Å². The molecule has 0 aliphatic carbocycles. The smallest absolute Gasteiger partial charge is 0.276 e. The van der Waals surface area contributed by atoms with Crippen LogP contribution in [-0.4, -0.2) is 36.8 Å².